The molecule has 2 N–H and O–H groups in total. The zero-order valence-electron chi connectivity index (χ0n) is 16.9. The largest absolute Gasteiger partial charge is 0.387 e. The van der Waals surface area contributed by atoms with Crippen LogP contribution in [0.25, 0.3) is 0 Å². The van der Waals surface area contributed by atoms with Crippen molar-refractivity contribution in [2.24, 2.45) is 0 Å². The summed E-state index contributed by atoms with van der Waals surface area (Å²) >= 11 is 0. The monoisotopic (exact) mass is 478 g/mol. The topological polar surface area (TPSA) is 69.6 Å². The summed E-state index contributed by atoms with van der Waals surface area (Å²) in [5.41, 5.74) is -2.44. The fourth-order valence-electron chi connectivity index (χ4n) is 3.32. The van der Waals surface area contributed by atoms with Crippen LogP contribution in [0.4, 0.5) is 36.4 Å². The molecule has 1 fully saturated rings. The first-order valence-corrected chi connectivity index (χ1v) is 9.54. The second-order valence-corrected chi connectivity index (χ2v) is 7.60. The molecule has 5 nitrogen and oxygen atoms in total. The summed E-state index contributed by atoms with van der Waals surface area (Å²) in [6.07, 6.45) is -2.77. The second-order valence-electron chi connectivity index (χ2n) is 7.60. The summed E-state index contributed by atoms with van der Waals surface area (Å²) in [6.45, 7) is -0.873. The number of hydrogen-bond donors (Lipinski definition) is 2. The maximum atomic E-state index is 14.8. The molecule has 12 heteroatoms. The molecule has 2 aromatic rings. The molecule has 1 unspecified atom stereocenters. The highest BCUT2D eigenvalue weighted by Crippen LogP contribution is 2.36. The van der Waals surface area contributed by atoms with Crippen molar-refractivity contribution in [3.63, 3.8) is 0 Å². The molecule has 0 radical (unpaired) electrons. The highest BCUT2D eigenvalue weighted by Gasteiger charge is 2.52. The normalized spacial score (nSPS) is 18.2. The molecule has 0 aliphatic carbocycles. The summed E-state index contributed by atoms with van der Waals surface area (Å²) in [5.74, 6) is -15.7. The molecule has 2 amide bonds. The van der Waals surface area contributed by atoms with Crippen molar-refractivity contribution in [1.82, 2.24) is 4.90 Å². The van der Waals surface area contributed by atoms with Gasteiger partial charge in [-0.05, 0) is 43.2 Å². The number of alkyl halides is 4. The van der Waals surface area contributed by atoms with Crippen LogP contribution in [-0.2, 0) is 10.7 Å². The third kappa shape index (κ3) is 4.80. The Labute approximate surface area is 182 Å². The van der Waals surface area contributed by atoms with E-state index < -0.39 is 77.9 Å². The molecular formula is C21H17F7N2O3. The van der Waals surface area contributed by atoms with Gasteiger partial charge in [0.15, 0.2) is 11.6 Å². The SMILES string of the molecule is Cc1cc(NC(=O)c2ccc(F)c(C(F)(F)C(=O)N3CCC(O)C(F)(F)C3)c2)cc(F)c1F. The first kappa shape index (κ1) is 24.5. The van der Waals surface area contributed by atoms with Gasteiger partial charge in [-0.3, -0.25) is 9.59 Å². The lowest BCUT2D eigenvalue weighted by atomic mass is 9.99. The van der Waals surface area contributed by atoms with E-state index in [1.165, 1.54) is 6.92 Å². The highest BCUT2D eigenvalue weighted by atomic mass is 19.3. The minimum Gasteiger partial charge on any atom is -0.387 e. The van der Waals surface area contributed by atoms with E-state index in [0.717, 1.165) is 12.1 Å². The highest BCUT2D eigenvalue weighted by molar-refractivity contribution is 6.04. The molecule has 1 heterocycles. The number of aryl methyl sites for hydroxylation is 1. The number of carbonyl (C=O) groups is 2. The molecule has 0 aromatic heterocycles. The van der Waals surface area contributed by atoms with Gasteiger partial charge in [0.2, 0.25) is 0 Å². The van der Waals surface area contributed by atoms with Gasteiger partial charge in [0, 0.05) is 23.9 Å². The average Bonchev–Trinajstić information content (AvgIpc) is 2.73. The Bertz CT molecular complexity index is 1080. The number of anilines is 1. The van der Waals surface area contributed by atoms with Crippen LogP contribution in [0.2, 0.25) is 0 Å². The molecule has 0 spiro atoms. The summed E-state index contributed by atoms with van der Waals surface area (Å²) in [7, 11) is 0. The van der Waals surface area contributed by atoms with Gasteiger partial charge in [-0.1, -0.05) is 0 Å². The van der Waals surface area contributed by atoms with Crippen LogP contribution in [0.1, 0.15) is 27.9 Å². The maximum absolute atomic E-state index is 14.8. The Morgan fingerprint density at radius 2 is 1.79 bits per heavy atom. The smallest absolute Gasteiger partial charge is 0.352 e. The number of halogens is 7. The molecule has 1 saturated heterocycles. The Hall–Kier alpha value is -3.15. The van der Waals surface area contributed by atoms with Crippen molar-refractivity contribution >= 4 is 17.5 Å². The molecule has 0 saturated carbocycles. The van der Waals surface area contributed by atoms with Crippen LogP contribution in [0.5, 0.6) is 0 Å². The molecule has 3 rings (SSSR count). The van der Waals surface area contributed by atoms with Crippen molar-refractivity contribution in [2.75, 3.05) is 18.4 Å². The van der Waals surface area contributed by atoms with E-state index in [2.05, 4.69) is 5.32 Å². The first-order valence-electron chi connectivity index (χ1n) is 9.54. The van der Waals surface area contributed by atoms with Gasteiger partial charge in [0.1, 0.15) is 11.9 Å². The molecule has 1 aliphatic rings. The summed E-state index contributed by atoms with van der Waals surface area (Å²) in [4.78, 5) is 24.8. The lowest BCUT2D eigenvalue weighted by Crippen LogP contribution is -2.56. The van der Waals surface area contributed by atoms with E-state index in [9.17, 15) is 45.4 Å². The Kier molecular flexibility index (Phi) is 6.42. The number of nitrogens with one attached hydrogen (secondary N) is 1. The molecule has 0 bridgehead atoms. The molecule has 33 heavy (non-hydrogen) atoms. The number of carbonyl (C=O) groups excluding carboxylic acids is 2. The van der Waals surface area contributed by atoms with Gasteiger partial charge in [0.05, 0.1) is 12.1 Å². The van der Waals surface area contributed by atoms with Gasteiger partial charge in [-0.15, -0.1) is 0 Å². The predicted molar refractivity (Wildman–Crippen MR) is 101 cm³/mol. The van der Waals surface area contributed by atoms with E-state index in [1.807, 2.05) is 0 Å². The number of rotatable bonds is 4. The molecule has 1 aliphatic heterocycles. The van der Waals surface area contributed by atoms with E-state index in [1.54, 1.807) is 0 Å². The maximum Gasteiger partial charge on any atom is 0.352 e. The molecule has 2 aromatic carbocycles. The van der Waals surface area contributed by atoms with E-state index in [4.69, 9.17) is 0 Å². The Balaban J connectivity index is 1.87. The van der Waals surface area contributed by atoms with Crippen LogP contribution >= 0.6 is 0 Å². The number of amides is 2. The van der Waals surface area contributed by atoms with Crippen LogP contribution in [0.15, 0.2) is 30.3 Å². The molecule has 178 valence electrons. The van der Waals surface area contributed by atoms with Crippen molar-refractivity contribution < 1.29 is 45.4 Å². The second kappa shape index (κ2) is 8.65. The van der Waals surface area contributed by atoms with Crippen LogP contribution in [0.3, 0.4) is 0 Å². The number of likely N-dealkylation sites (tertiary alicyclic amines) is 1. The van der Waals surface area contributed by atoms with E-state index in [0.29, 0.717) is 18.2 Å². The Morgan fingerprint density at radius 1 is 1.12 bits per heavy atom. The zero-order chi connectivity index (χ0) is 24.7. The van der Waals surface area contributed by atoms with Crippen LogP contribution < -0.4 is 5.32 Å². The van der Waals surface area contributed by atoms with Gasteiger partial charge in [0.25, 0.3) is 17.7 Å². The zero-order valence-corrected chi connectivity index (χ0v) is 16.9. The van der Waals surface area contributed by atoms with Crippen molar-refractivity contribution in [2.45, 2.75) is 31.3 Å². The van der Waals surface area contributed by atoms with Crippen molar-refractivity contribution in [3.8, 4) is 0 Å². The molecule has 1 atom stereocenters. The average molecular weight is 478 g/mol. The minimum atomic E-state index is -4.61. The van der Waals surface area contributed by atoms with Crippen molar-refractivity contribution in [3.05, 3.63) is 64.5 Å². The number of hydrogen-bond acceptors (Lipinski definition) is 3. The number of piperidine rings is 1. The fourth-order valence-corrected chi connectivity index (χ4v) is 3.32. The van der Waals surface area contributed by atoms with E-state index in [-0.39, 0.29) is 16.2 Å². The van der Waals surface area contributed by atoms with Crippen molar-refractivity contribution in [1.29, 1.82) is 0 Å². The van der Waals surface area contributed by atoms with Gasteiger partial charge in [-0.2, -0.15) is 8.78 Å². The predicted octanol–water partition coefficient (Wildman–Crippen LogP) is 3.98. The number of benzene rings is 2. The Morgan fingerprint density at radius 3 is 2.39 bits per heavy atom. The molecular weight excluding hydrogens is 461 g/mol. The summed E-state index contributed by atoms with van der Waals surface area (Å²) in [5, 5.41) is 11.4. The van der Waals surface area contributed by atoms with E-state index >= 15 is 0 Å². The lowest BCUT2D eigenvalue weighted by molar-refractivity contribution is -0.183. The lowest BCUT2D eigenvalue weighted by Gasteiger charge is -2.37. The standard InChI is InChI=1S/C21H17F7N2O3/c1-10-6-12(8-15(23)17(10)24)29-18(32)11-2-3-14(22)13(7-11)21(27,28)19(33)30-5-4-16(31)20(25,26)9-30/h2-3,6-8,16,31H,4-5,9H2,1H3,(H,29,32). The number of aliphatic hydroxyl groups excluding tert-OH is 1. The third-order valence-corrected chi connectivity index (χ3v) is 5.15. The third-order valence-electron chi connectivity index (χ3n) is 5.15. The quantitative estimate of drug-likeness (QED) is 0.654. The van der Waals surface area contributed by atoms with Gasteiger partial charge < -0.3 is 15.3 Å². The van der Waals surface area contributed by atoms with Crippen LogP contribution in [0, 0.1) is 24.4 Å². The van der Waals surface area contributed by atoms with Crippen LogP contribution in [-0.4, -0.2) is 46.9 Å². The number of aliphatic hydroxyl groups is 1. The fraction of sp³-hybridized carbons (Fsp3) is 0.333. The summed E-state index contributed by atoms with van der Waals surface area (Å²) in [6, 6.07) is 3.38. The minimum absolute atomic E-state index is 0.114. The first-order chi connectivity index (χ1) is 15.2. The van der Waals surface area contributed by atoms with Gasteiger partial charge in [-0.25, -0.2) is 22.0 Å². The number of nitrogens with zero attached hydrogens (tertiary/aromatic N) is 1. The van der Waals surface area contributed by atoms with Gasteiger partial charge >= 0.3 is 5.92 Å². The summed E-state index contributed by atoms with van der Waals surface area (Å²) < 4.78 is 98.0.